The van der Waals surface area contributed by atoms with Crippen LogP contribution < -0.4 is 0 Å². The largest absolute Gasteiger partial charge is 0.463 e. The average molecular weight is 270 g/mol. The second-order valence-electron chi connectivity index (χ2n) is 4.98. The number of carbonyl (C=O) groups is 1. The topological polar surface area (TPSA) is 46.5 Å². The zero-order valence-corrected chi connectivity index (χ0v) is 12.2. The van der Waals surface area contributed by atoms with E-state index in [-0.39, 0.29) is 5.97 Å². The van der Waals surface area contributed by atoms with E-state index in [1.54, 1.807) is 0 Å². The third-order valence-corrected chi connectivity index (χ3v) is 3.21. The van der Waals surface area contributed by atoms with E-state index in [2.05, 4.69) is 6.58 Å². The molecule has 0 aromatic heterocycles. The number of aliphatic hydroxyl groups is 1. The molecule has 0 heterocycles. The molecule has 0 aliphatic carbocycles. The molecule has 0 unspecified atom stereocenters. The van der Waals surface area contributed by atoms with E-state index in [0.29, 0.717) is 13.2 Å². The average Bonchev–Trinajstić information content (AvgIpc) is 2.43. The van der Waals surface area contributed by atoms with Crippen LogP contribution in [-0.2, 0) is 9.53 Å². The van der Waals surface area contributed by atoms with Crippen molar-refractivity contribution in [1.82, 2.24) is 0 Å². The van der Waals surface area contributed by atoms with Gasteiger partial charge >= 0.3 is 5.97 Å². The van der Waals surface area contributed by atoms with E-state index in [0.717, 1.165) is 19.3 Å². The highest BCUT2D eigenvalue weighted by Gasteiger charge is 1.96. The lowest BCUT2D eigenvalue weighted by molar-refractivity contribution is -0.137. The third kappa shape index (κ3) is 15.1. The predicted molar refractivity (Wildman–Crippen MR) is 79.0 cm³/mol. The van der Waals surface area contributed by atoms with E-state index in [1.807, 2.05) is 0 Å². The van der Waals surface area contributed by atoms with Gasteiger partial charge in [0.1, 0.15) is 0 Å². The Morgan fingerprint density at radius 2 is 1.26 bits per heavy atom. The van der Waals surface area contributed by atoms with Gasteiger partial charge in [-0.05, 0) is 12.8 Å². The van der Waals surface area contributed by atoms with Crippen molar-refractivity contribution in [2.24, 2.45) is 0 Å². The number of aliphatic hydroxyl groups excluding tert-OH is 1. The maximum atomic E-state index is 10.8. The van der Waals surface area contributed by atoms with E-state index in [4.69, 9.17) is 9.84 Å². The summed E-state index contributed by atoms with van der Waals surface area (Å²) < 4.78 is 4.91. The lowest BCUT2D eigenvalue weighted by atomic mass is 10.1. The molecule has 19 heavy (non-hydrogen) atoms. The van der Waals surface area contributed by atoms with Crippen molar-refractivity contribution in [1.29, 1.82) is 0 Å². The molecule has 0 aliphatic rings. The molecule has 0 aliphatic heterocycles. The first kappa shape index (κ1) is 18.2. The Kier molecular flexibility index (Phi) is 14.6. The van der Waals surface area contributed by atoms with Gasteiger partial charge in [-0.15, -0.1) is 0 Å². The molecule has 112 valence electrons. The maximum Gasteiger partial charge on any atom is 0.330 e. The van der Waals surface area contributed by atoms with Crippen LogP contribution in [0.3, 0.4) is 0 Å². The van der Waals surface area contributed by atoms with E-state index in [1.165, 1.54) is 57.4 Å². The molecule has 0 bridgehead atoms. The molecule has 0 fully saturated rings. The summed E-state index contributed by atoms with van der Waals surface area (Å²) in [6.07, 6.45) is 14.5. The standard InChI is InChI=1S/C16H30O3/c1-2-16(18)19-15-13-11-9-7-5-3-4-6-8-10-12-14-17/h2,17H,1,3-15H2. The van der Waals surface area contributed by atoms with Crippen molar-refractivity contribution >= 4 is 5.97 Å². The summed E-state index contributed by atoms with van der Waals surface area (Å²) in [6.45, 7) is 4.21. The molecule has 3 heteroatoms. The molecule has 1 N–H and O–H groups in total. The molecule has 0 amide bonds. The fourth-order valence-corrected chi connectivity index (χ4v) is 2.04. The Labute approximate surface area is 118 Å². The Balaban J connectivity index is 2.99. The second kappa shape index (κ2) is 15.2. The smallest absolute Gasteiger partial charge is 0.330 e. The number of hydrogen-bond acceptors (Lipinski definition) is 3. The van der Waals surface area contributed by atoms with Gasteiger partial charge in [-0.1, -0.05) is 64.4 Å². The van der Waals surface area contributed by atoms with Crippen molar-refractivity contribution < 1.29 is 14.6 Å². The third-order valence-electron chi connectivity index (χ3n) is 3.21. The molecule has 0 spiro atoms. The molecule has 0 saturated carbocycles. The quantitative estimate of drug-likeness (QED) is 0.295. The molecular weight excluding hydrogens is 240 g/mol. The van der Waals surface area contributed by atoms with Crippen LogP contribution in [0.1, 0.15) is 70.6 Å². The zero-order valence-electron chi connectivity index (χ0n) is 12.2. The van der Waals surface area contributed by atoms with Crippen LogP contribution in [0.2, 0.25) is 0 Å². The number of ether oxygens (including phenoxy) is 1. The van der Waals surface area contributed by atoms with Crippen LogP contribution in [0.25, 0.3) is 0 Å². The second-order valence-corrected chi connectivity index (χ2v) is 4.98. The van der Waals surface area contributed by atoms with Gasteiger partial charge in [0.25, 0.3) is 0 Å². The fourth-order valence-electron chi connectivity index (χ4n) is 2.04. The highest BCUT2D eigenvalue weighted by molar-refractivity contribution is 5.81. The molecule has 0 radical (unpaired) electrons. The van der Waals surface area contributed by atoms with Crippen LogP contribution >= 0.6 is 0 Å². The highest BCUT2D eigenvalue weighted by Crippen LogP contribution is 2.11. The van der Waals surface area contributed by atoms with Crippen LogP contribution in [0.5, 0.6) is 0 Å². The van der Waals surface area contributed by atoms with E-state index in [9.17, 15) is 4.79 Å². The molecule has 0 aromatic rings. The zero-order chi connectivity index (χ0) is 14.2. The van der Waals surface area contributed by atoms with E-state index >= 15 is 0 Å². The van der Waals surface area contributed by atoms with Gasteiger partial charge < -0.3 is 9.84 Å². The molecule has 0 saturated heterocycles. The number of unbranched alkanes of at least 4 members (excludes halogenated alkanes) is 10. The SMILES string of the molecule is C=CC(=O)OCCCCCCCCCCCCCO. The first-order chi connectivity index (χ1) is 9.31. The van der Waals surface area contributed by atoms with Crippen molar-refractivity contribution in [3.8, 4) is 0 Å². The minimum absolute atomic E-state index is 0.318. The summed E-state index contributed by atoms with van der Waals surface area (Å²) in [6, 6.07) is 0. The lowest BCUT2D eigenvalue weighted by Gasteiger charge is -2.03. The van der Waals surface area contributed by atoms with Gasteiger partial charge in [-0.3, -0.25) is 0 Å². The van der Waals surface area contributed by atoms with E-state index < -0.39 is 0 Å². The lowest BCUT2D eigenvalue weighted by Crippen LogP contribution is -2.01. The van der Waals surface area contributed by atoms with Crippen LogP contribution in [0.15, 0.2) is 12.7 Å². The van der Waals surface area contributed by atoms with Gasteiger partial charge in [-0.2, -0.15) is 0 Å². The van der Waals surface area contributed by atoms with Crippen molar-refractivity contribution in [3.63, 3.8) is 0 Å². The number of esters is 1. The van der Waals surface area contributed by atoms with Gasteiger partial charge in [0.15, 0.2) is 0 Å². The molecule has 0 rings (SSSR count). The molecular formula is C16H30O3. The first-order valence-corrected chi connectivity index (χ1v) is 7.71. The summed E-state index contributed by atoms with van der Waals surface area (Å²) in [5.74, 6) is -0.318. The van der Waals surface area contributed by atoms with Gasteiger partial charge in [0.2, 0.25) is 0 Å². The molecule has 0 aromatic carbocycles. The van der Waals surface area contributed by atoms with Gasteiger partial charge in [0, 0.05) is 12.7 Å². The Morgan fingerprint density at radius 1 is 0.842 bits per heavy atom. The number of rotatable bonds is 14. The van der Waals surface area contributed by atoms with Crippen LogP contribution in [0, 0.1) is 0 Å². The number of hydrogen-bond donors (Lipinski definition) is 1. The minimum Gasteiger partial charge on any atom is -0.463 e. The van der Waals surface area contributed by atoms with Crippen LogP contribution in [-0.4, -0.2) is 24.3 Å². The normalized spacial score (nSPS) is 10.4. The monoisotopic (exact) mass is 270 g/mol. The summed E-state index contributed by atoms with van der Waals surface area (Å²) >= 11 is 0. The van der Waals surface area contributed by atoms with Crippen molar-refractivity contribution in [2.75, 3.05) is 13.2 Å². The Morgan fingerprint density at radius 3 is 1.68 bits per heavy atom. The summed E-state index contributed by atoms with van der Waals surface area (Å²) in [4.78, 5) is 10.8. The summed E-state index contributed by atoms with van der Waals surface area (Å²) in [5, 5.41) is 8.64. The van der Waals surface area contributed by atoms with Crippen LogP contribution in [0.4, 0.5) is 0 Å². The van der Waals surface area contributed by atoms with Gasteiger partial charge in [-0.25, -0.2) is 4.79 Å². The summed E-state index contributed by atoms with van der Waals surface area (Å²) in [7, 11) is 0. The Hall–Kier alpha value is -0.830. The highest BCUT2D eigenvalue weighted by atomic mass is 16.5. The van der Waals surface area contributed by atoms with Gasteiger partial charge in [0.05, 0.1) is 6.61 Å². The molecule has 0 atom stereocenters. The van der Waals surface area contributed by atoms with Crippen molar-refractivity contribution in [3.05, 3.63) is 12.7 Å². The van der Waals surface area contributed by atoms with Crippen molar-refractivity contribution in [2.45, 2.75) is 70.6 Å². The fraction of sp³-hybridized carbons (Fsp3) is 0.812. The summed E-state index contributed by atoms with van der Waals surface area (Å²) in [5.41, 5.74) is 0. The molecule has 3 nitrogen and oxygen atoms in total. The first-order valence-electron chi connectivity index (χ1n) is 7.71. The predicted octanol–water partition coefficient (Wildman–Crippen LogP) is 4.00. The minimum atomic E-state index is -0.318. The number of carbonyl (C=O) groups excluding carboxylic acids is 1. The maximum absolute atomic E-state index is 10.8. The Bertz CT molecular complexity index is 214.